The molecular weight excluding hydrogens is 247 g/mol. The van der Waals surface area contributed by atoms with Gasteiger partial charge < -0.3 is 11.1 Å². The molecule has 106 valence electrons. The van der Waals surface area contributed by atoms with Crippen molar-refractivity contribution in [3.05, 3.63) is 0 Å². The second kappa shape index (κ2) is 6.38. The summed E-state index contributed by atoms with van der Waals surface area (Å²) in [5.41, 5.74) is 5.08. The molecule has 1 amide bonds. The van der Waals surface area contributed by atoms with Crippen LogP contribution in [0.2, 0.25) is 0 Å². The van der Waals surface area contributed by atoms with Gasteiger partial charge in [0.25, 0.3) is 0 Å². The fraction of sp³-hybridized carbons (Fsp3) is 0.909. The lowest BCUT2D eigenvalue weighted by Crippen LogP contribution is -2.48. The molecule has 1 fully saturated rings. The summed E-state index contributed by atoms with van der Waals surface area (Å²) in [5, 5.41) is 3.22. The number of nitrogens with two attached hydrogens (primary N) is 1. The summed E-state index contributed by atoms with van der Waals surface area (Å²) in [4.78, 5) is 12.1. The van der Waals surface area contributed by atoms with Gasteiger partial charge in [-0.1, -0.05) is 0 Å². The minimum Gasteiger partial charge on any atom is -0.370 e. The van der Waals surface area contributed by atoms with Crippen LogP contribution in [0.3, 0.4) is 0 Å². The zero-order valence-corrected chi connectivity index (χ0v) is 10.5. The van der Waals surface area contributed by atoms with Crippen molar-refractivity contribution in [1.82, 2.24) is 10.2 Å². The van der Waals surface area contributed by atoms with Gasteiger partial charge in [-0.25, -0.2) is 0 Å². The summed E-state index contributed by atoms with van der Waals surface area (Å²) < 4.78 is 36.5. The number of carbonyl (C=O) groups excluding carboxylic acids is 1. The molecular formula is C11H20F3N3O. The average Bonchev–Trinajstić information content (AvgIpc) is 2.17. The van der Waals surface area contributed by atoms with Crippen LogP contribution in [0, 0.1) is 0 Å². The standard InChI is InChI=1S/C11H20F3N3O/c1-8(6-10(15)18)16-9-2-4-17(5-3-9)7-11(12,13)14/h8-9,16H,2-7H2,1H3,(H2,15,18). The van der Waals surface area contributed by atoms with Gasteiger partial charge in [0.05, 0.1) is 6.54 Å². The van der Waals surface area contributed by atoms with E-state index in [1.807, 2.05) is 6.92 Å². The molecule has 1 unspecified atom stereocenters. The lowest BCUT2D eigenvalue weighted by atomic mass is 10.0. The summed E-state index contributed by atoms with van der Waals surface area (Å²) in [5.74, 6) is -0.371. The Morgan fingerprint density at radius 3 is 2.44 bits per heavy atom. The molecule has 3 N–H and O–H groups in total. The van der Waals surface area contributed by atoms with Gasteiger partial charge in [0.2, 0.25) is 5.91 Å². The molecule has 7 heteroatoms. The minimum absolute atomic E-state index is 0.0262. The van der Waals surface area contributed by atoms with Crippen molar-refractivity contribution in [2.45, 2.75) is 44.4 Å². The molecule has 1 heterocycles. The van der Waals surface area contributed by atoms with Crippen LogP contribution in [0.4, 0.5) is 13.2 Å². The zero-order chi connectivity index (χ0) is 13.8. The molecule has 1 rings (SSSR count). The highest BCUT2D eigenvalue weighted by atomic mass is 19.4. The largest absolute Gasteiger partial charge is 0.401 e. The predicted octanol–water partition coefficient (Wildman–Crippen LogP) is 0.867. The number of hydrogen-bond acceptors (Lipinski definition) is 3. The van der Waals surface area contributed by atoms with Gasteiger partial charge in [0.1, 0.15) is 0 Å². The van der Waals surface area contributed by atoms with Crippen LogP contribution >= 0.6 is 0 Å². The van der Waals surface area contributed by atoms with E-state index < -0.39 is 12.7 Å². The van der Waals surface area contributed by atoms with Gasteiger partial charge >= 0.3 is 6.18 Å². The summed E-state index contributed by atoms with van der Waals surface area (Å²) >= 11 is 0. The predicted molar refractivity (Wildman–Crippen MR) is 61.9 cm³/mol. The van der Waals surface area contributed by atoms with Crippen LogP contribution in [0.5, 0.6) is 0 Å². The Labute approximate surface area is 105 Å². The maximum atomic E-state index is 12.2. The summed E-state index contributed by atoms with van der Waals surface area (Å²) in [7, 11) is 0. The smallest absolute Gasteiger partial charge is 0.370 e. The highest BCUT2D eigenvalue weighted by Gasteiger charge is 2.32. The molecule has 1 aliphatic rings. The number of amides is 1. The number of likely N-dealkylation sites (tertiary alicyclic amines) is 1. The zero-order valence-electron chi connectivity index (χ0n) is 10.5. The molecule has 0 aromatic heterocycles. The second-order valence-corrected chi connectivity index (χ2v) is 4.90. The van der Waals surface area contributed by atoms with Crippen molar-refractivity contribution in [2.24, 2.45) is 5.73 Å². The number of nitrogens with zero attached hydrogens (tertiary/aromatic N) is 1. The number of carbonyl (C=O) groups is 1. The Morgan fingerprint density at radius 2 is 2.00 bits per heavy atom. The number of alkyl halides is 3. The first-order chi connectivity index (χ1) is 8.26. The van der Waals surface area contributed by atoms with Crippen molar-refractivity contribution in [2.75, 3.05) is 19.6 Å². The molecule has 0 aromatic carbocycles. The van der Waals surface area contributed by atoms with Gasteiger partial charge in [0, 0.05) is 18.5 Å². The summed E-state index contributed by atoms with van der Waals surface area (Å²) in [6.45, 7) is 1.88. The lowest BCUT2D eigenvalue weighted by Gasteiger charge is -2.34. The van der Waals surface area contributed by atoms with Crippen molar-refractivity contribution in [3.8, 4) is 0 Å². The molecule has 1 aliphatic heterocycles. The first kappa shape index (κ1) is 15.2. The van der Waals surface area contributed by atoms with E-state index in [1.165, 1.54) is 4.90 Å². The molecule has 0 spiro atoms. The van der Waals surface area contributed by atoms with Crippen molar-refractivity contribution in [3.63, 3.8) is 0 Å². The third-order valence-electron chi connectivity index (χ3n) is 3.02. The molecule has 1 saturated heterocycles. The number of halogens is 3. The maximum Gasteiger partial charge on any atom is 0.401 e. The van der Waals surface area contributed by atoms with Gasteiger partial charge in [-0.05, 0) is 32.9 Å². The van der Waals surface area contributed by atoms with Crippen molar-refractivity contribution < 1.29 is 18.0 Å². The van der Waals surface area contributed by atoms with E-state index in [0.717, 1.165) is 0 Å². The monoisotopic (exact) mass is 267 g/mol. The number of rotatable bonds is 5. The van der Waals surface area contributed by atoms with Crippen LogP contribution in [0.15, 0.2) is 0 Å². The highest BCUT2D eigenvalue weighted by Crippen LogP contribution is 2.20. The highest BCUT2D eigenvalue weighted by molar-refractivity contribution is 5.74. The molecule has 0 aliphatic carbocycles. The third kappa shape index (κ3) is 6.20. The number of nitrogens with one attached hydrogen (secondary N) is 1. The van der Waals surface area contributed by atoms with Crippen molar-refractivity contribution in [1.29, 1.82) is 0 Å². The third-order valence-corrected chi connectivity index (χ3v) is 3.02. The summed E-state index contributed by atoms with van der Waals surface area (Å²) in [6.07, 6.45) is -2.54. The molecule has 0 aromatic rings. The van der Waals surface area contributed by atoms with E-state index in [2.05, 4.69) is 5.32 Å². The Bertz CT molecular complexity index is 275. The number of primary amides is 1. The second-order valence-electron chi connectivity index (χ2n) is 4.90. The quantitative estimate of drug-likeness (QED) is 0.777. The van der Waals surface area contributed by atoms with Crippen molar-refractivity contribution >= 4 is 5.91 Å². The minimum atomic E-state index is -4.13. The van der Waals surface area contributed by atoms with Crippen LogP contribution in [0.25, 0.3) is 0 Å². The number of piperidine rings is 1. The van der Waals surface area contributed by atoms with Crippen LogP contribution in [-0.4, -0.2) is 48.7 Å². The van der Waals surface area contributed by atoms with Gasteiger partial charge in [-0.3, -0.25) is 9.69 Å². The molecule has 0 saturated carbocycles. The topological polar surface area (TPSA) is 58.4 Å². The molecule has 18 heavy (non-hydrogen) atoms. The van der Waals surface area contributed by atoms with Gasteiger partial charge in [-0.15, -0.1) is 0 Å². The molecule has 0 radical (unpaired) electrons. The lowest BCUT2D eigenvalue weighted by molar-refractivity contribution is -0.148. The van der Waals surface area contributed by atoms with Gasteiger partial charge in [0.15, 0.2) is 0 Å². The fourth-order valence-corrected chi connectivity index (χ4v) is 2.27. The van der Waals surface area contributed by atoms with Crippen LogP contribution in [0.1, 0.15) is 26.2 Å². The van der Waals surface area contributed by atoms with E-state index in [4.69, 9.17) is 5.73 Å². The Balaban J connectivity index is 2.25. The van der Waals surface area contributed by atoms with Gasteiger partial charge in [-0.2, -0.15) is 13.2 Å². The Hall–Kier alpha value is -0.820. The van der Waals surface area contributed by atoms with E-state index >= 15 is 0 Å². The average molecular weight is 267 g/mol. The van der Waals surface area contributed by atoms with E-state index in [0.29, 0.717) is 25.9 Å². The maximum absolute atomic E-state index is 12.2. The Kier molecular flexibility index (Phi) is 5.40. The van der Waals surface area contributed by atoms with E-state index in [1.54, 1.807) is 0 Å². The number of hydrogen-bond donors (Lipinski definition) is 2. The molecule has 1 atom stereocenters. The van der Waals surface area contributed by atoms with E-state index in [9.17, 15) is 18.0 Å². The van der Waals surface area contributed by atoms with Crippen LogP contribution < -0.4 is 11.1 Å². The first-order valence-corrected chi connectivity index (χ1v) is 6.09. The molecule has 0 bridgehead atoms. The molecule has 4 nitrogen and oxygen atoms in total. The van der Waals surface area contributed by atoms with Crippen LogP contribution in [-0.2, 0) is 4.79 Å². The Morgan fingerprint density at radius 1 is 1.44 bits per heavy atom. The van der Waals surface area contributed by atoms with E-state index in [-0.39, 0.29) is 24.4 Å². The SMILES string of the molecule is CC(CC(N)=O)NC1CCN(CC(F)(F)F)CC1. The first-order valence-electron chi connectivity index (χ1n) is 6.09. The summed E-state index contributed by atoms with van der Waals surface area (Å²) in [6, 6.07) is 0.144. The fourth-order valence-electron chi connectivity index (χ4n) is 2.27. The normalized spacial score (nSPS) is 20.9.